The monoisotopic (exact) mass is 402 g/mol. The van der Waals surface area contributed by atoms with Crippen LogP contribution in [0.2, 0.25) is 0 Å². The van der Waals surface area contributed by atoms with Gasteiger partial charge in [-0.1, -0.05) is 30.3 Å². The van der Waals surface area contributed by atoms with E-state index in [-0.39, 0.29) is 24.5 Å². The van der Waals surface area contributed by atoms with E-state index in [0.717, 1.165) is 0 Å². The molecule has 1 N–H and O–H groups in total. The van der Waals surface area contributed by atoms with Crippen LogP contribution in [0.5, 0.6) is 5.75 Å². The molecule has 9 heteroatoms. The zero-order valence-electron chi connectivity index (χ0n) is 15.7. The SMILES string of the molecule is CCC(NC(=O)CCc1nc(-c2cccnc2)no1)c1ccccc1OC(F)F. The number of carbonyl (C=O) groups excluding carboxylic acids is 1. The zero-order valence-corrected chi connectivity index (χ0v) is 15.7. The van der Waals surface area contributed by atoms with Gasteiger partial charge >= 0.3 is 6.61 Å². The van der Waals surface area contributed by atoms with Crippen molar-refractivity contribution in [3.63, 3.8) is 0 Å². The van der Waals surface area contributed by atoms with Crippen LogP contribution in [0.15, 0.2) is 53.3 Å². The summed E-state index contributed by atoms with van der Waals surface area (Å²) in [6.45, 7) is -1.08. The van der Waals surface area contributed by atoms with Crippen LogP contribution in [-0.2, 0) is 11.2 Å². The maximum absolute atomic E-state index is 12.6. The first kappa shape index (κ1) is 20.4. The molecule has 1 aromatic carbocycles. The molecule has 1 atom stereocenters. The Hall–Kier alpha value is -3.36. The van der Waals surface area contributed by atoms with E-state index < -0.39 is 12.7 Å². The van der Waals surface area contributed by atoms with Crippen LogP contribution in [-0.4, -0.2) is 27.6 Å². The minimum Gasteiger partial charge on any atom is -0.434 e. The van der Waals surface area contributed by atoms with Crippen molar-refractivity contribution in [2.45, 2.75) is 38.8 Å². The molecule has 0 aliphatic rings. The Balaban J connectivity index is 1.59. The first-order valence-electron chi connectivity index (χ1n) is 9.13. The molecule has 1 amide bonds. The summed E-state index contributed by atoms with van der Waals surface area (Å²) in [6, 6.07) is 9.54. The number of pyridine rings is 1. The summed E-state index contributed by atoms with van der Waals surface area (Å²) in [4.78, 5) is 20.6. The van der Waals surface area contributed by atoms with Crippen molar-refractivity contribution in [1.82, 2.24) is 20.4 Å². The number of halogens is 2. The molecular formula is C20H20F2N4O3. The average molecular weight is 402 g/mol. The van der Waals surface area contributed by atoms with E-state index in [1.54, 1.807) is 42.7 Å². The van der Waals surface area contributed by atoms with Crippen LogP contribution < -0.4 is 10.1 Å². The van der Waals surface area contributed by atoms with Crippen molar-refractivity contribution >= 4 is 5.91 Å². The number of rotatable bonds is 9. The lowest BCUT2D eigenvalue weighted by molar-refractivity contribution is -0.121. The lowest BCUT2D eigenvalue weighted by Gasteiger charge is -2.20. The molecule has 0 radical (unpaired) electrons. The molecule has 152 valence electrons. The number of carbonyl (C=O) groups is 1. The second kappa shape index (κ2) is 9.72. The Bertz CT molecular complexity index is 934. The third kappa shape index (κ3) is 5.56. The summed E-state index contributed by atoms with van der Waals surface area (Å²) in [5.74, 6) is 0.518. The third-order valence-corrected chi connectivity index (χ3v) is 4.21. The fraction of sp³-hybridized carbons (Fsp3) is 0.300. The Labute approximate surface area is 166 Å². The third-order valence-electron chi connectivity index (χ3n) is 4.21. The van der Waals surface area contributed by atoms with Gasteiger partial charge in [0.15, 0.2) is 0 Å². The van der Waals surface area contributed by atoms with Crippen molar-refractivity contribution in [2.75, 3.05) is 0 Å². The number of aryl methyl sites for hydroxylation is 1. The number of benzene rings is 1. The van der Waals surface area contributed by atoms with Gasteiger partial charge < -0.3 is 14.6 Å². The van der Waals surface area contributed by atoms with E-state index in [1.807, 2.05) is 6.92 Å². The number of ether oxygens (including phenoxy) is 1. The van der Waals surface area contributed by atoms with Crippen LogP contribution in [0.1, 0.15) is 37.3 Å². The van der Waals surface area contributed by atoms with Crippen LogP contribution in [0.4, 0.5) is 8.78 Å². The van der Waals surface area contributed by atoms with Gasteiger partial charge in [-0.25, -0.2) is 0 Å². The number of para-hydroxylation sites is 1. The maximum atomic E-state index is 12.6. The number of nitrogens with one attached hydrogen (secondary N) is 1. The maximum Gasteiger partial charge on any atom is 0.387 e. The number of hydrogen-bond acceptors (Lipinski definition) is 6. The standard InChI is InChI=1S/C20H20F2N4O3/c1-2-15(14-7-3-4-8-16(14)28-20(21)22)24-17(27)9-10-18-25-19(26-29-18)13-6-5-11-23-12-13/h3-8,11-12,15,20H,2,9-10H2,1H3,(H,24,27). The largest absolute Gasteiger partial charge is 0.434 e. The van der Waals surface area contributed by atoms with Crippen molar-refractivity contribution in [3.05, 3.63) is 60.2 Å². The predicted molar refractivity (Wildman–Crippen MR) is 100 cm³/mol. The molecule has 0 bridgehead atoms. The minimum atomic E-state index is -2.93. The number of amides is 1. The Morgan fingerprint density at radius 1 is 1.24 bits per heavy atom. The van der Waals surface area contributed by atoms with Gasteiger partial charge in [0.1, 0.15) is 5.75 Å². The van der Waals surface area contributed by atoms with E-state index >= 15 is 0 Å². The van der Waals surface area contributed by atoms with Crippen LogP contribution in [0.25, 0.3) is 11.4 Å². The van der Waals surface area contributed by atoms with Gasteiger partial charge in [0.2, 0.25) is 17.6 Å². The van der Waals surface area contributed by atoms with E-state index in [4.69, 9.17) is 4.52 Å². The average Bonchev–Trinajstić information content (AvgIpc) is 3.20. The minimum absolute atomic E-state index is 0.0488. The lowest BCUT2D eigenvalue weighted by atomic mass is 10.0. The van der Waals surface area contributed by atoms with Crippen molar-refractivity contribution in [2.24, 2.45) is 0 Å². The number of nitrogens with zero attached hydrogens (tertiary/aromatic N) is 3. The molecule has 7 nitrogen and oxygen atoms in total. The molecule has 0 spiro atoms. The number of hydrogen-bond donors (Lipinski definition) is 1. The number of alkyl halides is 2. The Morgan fingerprint density at radius 3 is 2.79 bits per heavy atom. The highest BCUT2D eigenvalue weighted by atomic mass is 19.3. The van der Waals surface area contributed by atoms with Gasteiger partial charge in [-0.15, -0.1) is 0 Å². The summed E-state index contributed by atoms with van der Waals surface area (Å²) in [7, 11) is 0. The Morgan fingerprint density at radius 2 is 2.07 bits per heavy atom. The summed E-state index contributed by atoms with van der Waals surface area (Å²) in [5.41, 5.74) is 1.22. The van der Waals surface area contributed by atoms with Gasteiger partial charge in [-0.2, -0.15) is 13.8 Å². The molecule has 0 aliphatic carbocycles. The molecule has 3 rings (SSSR count). The van der Waals surface area contributed by atoms with Crippen LogP contribution in [0.3, 0.4) is 0 Å². The molecular weight excluding hydrogens is 382 g/mol. The second-order valence-corrected chi connectivity index (χ2v) is 6.20. The van der Waals surface area contributed by atoms with E-state index in [1.165, 1.54) is 6.07 Å². The van der Waals surface area contributed by atoms with Gasteiger partial charge in [-0.05, 0) is 24.6 Å². The lowest BCUT2D eigenvalue weighted by Crippen LogP contribution is -2.28. The van der Waals surface area contributed by atoms with E-state index in [0.29, 0.717) is 29.3 Å². The van der Waals surface area contributed by atoms with Gasteiger partial charge in [0.25, 0.3) is 0 Å². The second-order valence-electron chi connectivity index (χ2n) is 6.20. The van der Waals surface area contributed by atoms with Crippen molar-refractivity contribution in [3.8, 4) is 17.1 Å². The van der Waals surface area contributed by atoms with Crippen LogP contribution >= 0.6 is 0 Å². The van der Waals surface area contributed by atoms with Gasteiger partial charge in [0, 0.05) is 36.4 Å². The summed E-state index contributed by atoms with van der Waals surface area (Å²) >= 11 is 0. The first-order chi connectivity index (χ1) is 14.1. The van der Waals surface area contributed by atoms with Crippen molar-refractivity contribution in [1.29, 1.82) is 0 Å². The highest BCUT2D eigenvalue weighted by Gasteiger charge is 2.19. The topological polar surface area (TPSA) is 90.1 Å². The molecule has 2 aromatic heterocycles. The summed E-state index contributed by atoms with van der Waals surface area (Å²) < 4.78 is 35.0. The smallest absolute Gasteiger partial charge is 0.387 e. The quantitative estimate of drug-likeness (QED) is 0.583. The first-order valence-corrected chi connectivity index (χ1v) is 9.13. The van der Waals surface area contributed by atoms with Gasteiger partial charge in [0.05, 0.1) is 6.04 Å². The van der Waals surface area contributed by atoms with E-state index in [2.05, 4.69) is 25.2 Å². The molecule has 1 unspecified atom stereocenters. The molecule has 0 saturated carbocycles. The highest BCUT2D eigenvalue weighted by molar-refractivity contribution is 5.76. The fourth-order valence-electron chi connectivity index (χ4n) is 2.83. The number of aromatic nitrogens is 3. The molecule has 2 heterocycles. The molecule has 0 aliphatic heterocycles. The van der Waals surface area contributed by atoms with Crippen molar-refractivity contribution < 1.29 is 22.8 Å². The Kier molecular flexibility index (Phi) is 6.83. The summed E-state index contributed by atoms with van der Waals surface area (Å²) in [6.07, 6.45) is 4.14. The predicted octanol–water partition coefficient (Wildman–Crippen LogP) is 3.93. The van der Waals surface area contributed by atoms with Gasteiger partial charge in [-0.3, -0.25) is 9.78 Å². The molecule has 29 heavy (non-hydrogen) atoms. The van der Waals surface area contributed by atoms with Crippen LogP contribution in [0, 0.1) is 0 Å². The summed E-state index contributed by atoms with van der Waals surface area (Å²) in [5, 5.41) is 6.72. The highest BCUT2D eigenvalue weighted by Crippen LogP contribution is 2.28. The molecule has 0 saturated heterocycles. The fourth-order valence-corrected chi connectivity index (χ4v) is 2.83. The zero-order chi connectivity index (χ0) is 20.6. The molecule has 3 aromatic rings. The van der Waals surface area contributed by atoms with E-state index in [9.17, 15) is 13.6 Å². The molecule has 0 fully saturated rings. The normalized spacial score (nSPS) is 12.0.